The van der Waals surface area contributed by atoms with Crippen molar-refractivity contribution in [3.63, 3.8) is 0 Å². The van der Waals surface area contributed by atoms with Gasteiger partial charge in [-0.15, -0.1) is 0 Å². The second-order valence-corrected chi connectivity index (χ2v) is 3.80. The van der Waals surface area contributed by atoms with Gasteiger partial charge in [0.1, 0.15) is 10.6 Å². The van der Waals surface area contributed by atoms with Crippen molar-refractivity contribution < 1.29 is 19.4 Å². The van der Waals surface area contributed by atoms with Gasteiger partial charge in [0, 0.05) is 6.54 Å². The minimum atomic E-state index is -0.518. The summed E-state index contributed by atoms with van der Waals surface area (Å²) in [6, 6.07) is 0. The number of carbonyl (C=O) groups excluding carboxylic acids is 1. The molecule has 0 unspecified atom stereocenters. The van der Waals surface area contributed by atoms with Crippen molar-refractivity contribution in [2.24, 2.45) is 0 Å². The molecule has 0 radical (unpaired) electrons. The Morgan fingerprint density at radius 2 is 2.35 bits per heavy atom. The molecule has 96 valence electrons. The van der Waals surface area contributed by atoms with E-state index in [-0.39, 0.29) is 24.6 Å². The molecular formula is C9H15N3O4S. The van der Waals surface area contributed by atoms with E-state index >= 15 is 0 Å². The van der Waals surface area contributed by atoms with Crippen LogP contribution >= 0.6 is 11.5 Å². The molecule has 0 bridgehead atoms. The van der Waals surface area contributed by atoms with Gasteiger partial charge in [0.2, 0.25) is 0 Å². The number of aliphatic hydroxyl groups is 1. The maximum atomic E-state index is 11.4. The average Bonchev–Trinajstić information content (AvgIpc) is 2.69. The number of esters is 1. The first kappa shape index (κ1) is 13.7. The average molecular weight is 261 g/mol. The van der Waals surface area contributed by atoms with Gasteiger partial charge in [-0.3, -0.25) is 0 Å². The molecule has 0 fully saturated rings. The molecule has 1 rings (SSSR count). The highest BCUT2D eigenvalue weighted by Crippen LogP contribution is 2.26. The molecule has 4 N–H and O–H groups in total. The number of nitrogens with two attached hydrogens (primary N) is 1. The molecule has 1 aromatic heterocycles. The van der Waals surface area contributed by atoms with Gasteiger partial charge in [-0.2, -0.15) is 4.37 Å². The third-order valence-electron chi connectivity index (χ3n) is 1.88. The van der Waals surface area contributed by atoms with Crippen LogP contribution in [-0.4, -0.2) is 48.9 Å². The molecule has 1 aromatic rings. The second-order valence-electron chi connectivity index (χ2n) is 3.03. The summed E-state index contributed by atoms with van der Waals surface area (Å²) in [6.45, 7) is 1.18. The number of nitrogen functional groups attached to an aromatic ring is 1. The predicted octanol–water partition coefficient (Wildman–Crippen LogP) is -0.0673. The molecule has 0 aliphatic rings. The van der Waals surface area contributed by atoms with Gasteiger partial charge < -0.3 is 25.6 Å². The van der Waals surface area contributed by atoms with Gasteiger partial charge in [0.25, 0.3) is 0 Å². The maximum absolute atomic E-state index is 11.4. The fourth-order valence-corrected chi connectivity index (χ4v) is 1.85. The Balaban J connectivity index is 2.50. The summed E-state index contributed by atoms with van der Waals surface area (Å²) in [7, 11) is 1.29. The Labute approximate surface area is 103 Å². The number of rotatable bonds is 7. The molecule has 0 amide bonds. The van der Waals surface area contributed by atoms with Crippen LogP contribution in [0, 0.1) is 0 Å². The number of ether oxygens (including phenoxy) is 2. The van der Waals surface area contributed by atoms with Crippen LogP contribution in [0.3, 0.4) is 0 Å². The Morgan fingerprint density at radius 1 is 1.59 bits per heavy atom. The number of nitrogens with one attached hydrogen (secondary N) is 1. The third kappa shape index (κ3) is 3.84. The number of hydrogen-bond donors (Lipinski definition) is 3. The van der Waals surface area contributed by atoms with Gasteiger partial charge in [0.15, 0.2) is 5.82 Å². The maximum Gasteiger partial charge on any atom is 0.344 e. The molecule has 0 aromatic carbocycles. The Kier molecular flexibility index (Phi) is 5.67. The number of anilines is 2. The lowest BCUT2D eigenvalue weighted by Gasteiger charge is -2.06. The zero-order valence-corrected chi connectivity index (χ0v) is 10.2. The molecule has 0 aliphatic carbocycles. The van der Waals surface area contributed by atoms with Crippen molar-refractivity contribution in [2.75, 3.05) is 44.5 Å². The zero-order valence-electron chi connectivity index (χ0n) is 9.43. The topological polar surface area (TPSA) is 107 Å². The van der Waals surface area contributed by atoms with Crippen molar-refractivity contribution in [1.29, 1.82) is 0 Å². The molecule has 0 saturated heterocycles. The van der Waals surface area contributed by atoms with Gasteiger partial charge in [-0.05, 0) is 11.5 Å². The van der Waals surface area contributed by atoms with Gasteiger partial charge >= 0.3 is 5.97 Å². The van der Waals surface area contributed by atoms with E-state index in [4.69, 9.17) is 15.6 Å². The largest absolute Gasteiger partial charge is 0.465 e. The van der Waals surface area contributed by atoms with Crippen molar-refractivity contribution in [1.82, 2.24) is 4.37 Å². The lowest BCUT2D eigenvalue weighted by molar-refractivity contribution is 0.0603. The summed E-state index contributed by atoms with van der Waals surface area (Å²) in [5.41, 5.74) is 5.81. The van der Waals surface area contributed by atoms with E-state index in [1.54, 1.807) is 0 Å². The summed E-state index contributed by atoms with van der Waals surface area (Å²) in [6.07, 6.45) is 0. The van der Waals surface area contributed by atoms with Crippen molar-refractivity contribution in [3.05, 3.63) is 5.56 Å². The first-order chi connectivity index (χ1) is 8.20. The summed E-state index contributed by atoms with van der Waals surface area (Å²) < 4.78 is 13.5. The van der Waals surface area contributed by atoms with Crippen LogP contribution in [0.1, 0.15) is 10.4 Å². The molecule has 1 heterocycles. The van der Waals surface area contributed by atoms with Crippen LogP contribution in [0.4, 0.5) is 10.8 Å². The fourth-order valence-electron chi connectivity index (χ4n) is 1.13. The molecule has 7 nitrogen and oxygen atoms in total. The number of methoxy groups -OCH3 is 1. The molecule has 0 aliphatic heterocycles. The second kappa shape index (κ2) is 7.05. The summed E-state index contributed by atoms with van der Waals surface area (Å²) in [5.74, 6) is -0.365. The van der Waals surface area contributed by atoms with Crippen LogP contribution in [0.25, 0.3) is 0 Å². The number of aliphatic hydroxyl groups excluding tert-OH is 1. The lowest BCUT2D eigenvalue weighted by atomic mass is 10.3. The Morgan fingerprint density at radius 3 is 3.00 bits per heavy atom. The molecule has 17 heavy (non-hydrogen) atoms. The number of hydrogen-bond acceptors (Lipinski definition) is 8. The fraction of sp³-hybridized carbons (Fsp3) is 0.556. The van der Waals surface area contributed by atoms with E-state index in [1.165, 1.54) is 7.11 Å². The SMILES string of the molecule is COC(=O)c1c(N)nsc1NCCOCCO. The predicted molar refractivity (Wildman–Crippen MR) is 64.3 cm³/mol. The Bertz CT molecular complexity index is 369. The molecule has 0 saturated carbocycles. The minimum Gasteiger partial charge on any atom is -0.465 e. The van der Waals surface area contributed by atoms with Crippen LogP contribution in [0.15, 0.2) is 0 Å². The van der Waals surface area contributed by atoms with Crippen LogP contribution < -0.4 is 11.1 Å². The van der Waals surface area contributed by atoms with Crippen molar-refractivity contribution in [2.45, 2.75) is 0 Å². The van der Waals surface area contributed by atoms with Gasteiger partial charge in [-0.1, -0.05) is 0 Å². The summed E-state index contributed by atoms with van der Waals surface area (Å²) in [5, 5.41) is 12.0. The Hall–Kier alpha value is -1.38. The zero-order chi connectivity index (χ0) is 12.7. The monoisotopic (exact) mass is 261 g/mol. The van der Waals surface area contributed by atoms with E-state index in [2.05, 4.69) is 14.4 Å². The van der Waals surface area contributed by atoms with E-state index in [0.29, 0.717) is 18.2 Å². The van der Waals surface area contributed by atoms with Crippen molar-refractivity contribution in [3.8, 4) is 0 Å². The van der Waals surface area contributed by atoms with Crippen molar-refractivity contribution >= 4 is 28.3 Å². The highest BCUT2D eigenvalue weighted by atomic mass is 32.1. The smallest absolute Gasteiger partial charge is 0.344 e. The highest BCUT2D eigenvalue weighted by Gasteiger charge is 2.19. The van der Waals surface area contributed by atoms with Gasteiger partial charge in [0.05, 0.1) is 26.9 Å². The third-order valence-corrected chi connectivity index (χ3v) is 2.69. The normalized spacial score (nSPS) is 10.2. The van der Waals surface area contributed by atoms with Crippen LogP contribution in [0.2, 0.25) is 0 Å². The lowest BCUT2D eigenvalue weighted by Crippen LogP contribution is -2.13. The molecular weight excluding hydrogens is 246 g/mol. The summed E-state index contributed by atoms with van der Waals surface area (Å²) in [4.78, 5) is 11.4. The van der Waals surface area contributed by atoms with Gasteiger partial charge in [-0.25, -0.2) is 4.79 Å². The van der Waals surface area contributed by atoms with Crippen LogP contribution in [0.5, 0.6) is 0 Å². The molecule has 0 spiro atoms. The van der Waals surface area contributed by atoms with Crippen LogP contribution in [-0.2, 0) is 9.47 Å². The van der Waals surface area contributed by atoms with E-state index < -0.39 is 5.97 Å². The number of aromatic nitrogens is 1. The first-order valence-electron chi connectivity index (χ1n) is 4.96. The highest BCUT2D eigenvalue weighted by molar-refractivity contribution is 7.11. The number of carbonyl (C=O) groups is 1. The first-order valence-corrected chi connectivity index (χ1v) is 5.74. The molecule has 0 atom stereocenters. The number of nitrogens with zero attached hydrogens (tertiary/aromatic N) is 1. The molecule has 8 heteroatoms. The van der Waals surface area contributed by atoms with E-state index in [0.717, 1.165) is 11.5 Å². The standard InChI is InChI=1S/C9H15N3O4S/c1-15-9(14)6-7(10)12-17-8(6)11-2-4-16-5-3-13/h11,13H,2-5H2,1H3,(H2,10,12). The van der Waals surface area contributed by atoms with E-state index in [1.807, 2.05) is 0 Å². The summed E-state index contributed by atoms with van der Waals surface area (Å²) >= 11 is 1.09. The quantitative estimate of drug-likeness (QED) is 0.466. The van der Waals surface area contributed by atoms with E-state index in [9.17, 15) is 4.79 Å². The minimum absolute atomic E-state index is 0.0130.